The fourth-order valence-corrected chi connectivity index (χ4v) is 3.70. The fourth-order valence-electron chi connectivity index (χ4n) is 3.70. The van der Waals surface area contributed by atoms with E-state index in [1.807, 2.05) is 6.07 Å². The van der Waals surface area contributed by atoms with Gasteiger partial charge in [-0.05, 0) is 24.3 Å². The summed E-state index contributed by atoms with van der Waals surface area (Å²) in [5.41, 5.74) is 7.27. The molecule has 1 aromatic carbocycles. The van der Waals surface area contributed by atoms with Crippen molar-refractivity contribution in [2.24, 2.45) is 17.6 Å². The molecule has 4 unspecified atom stereocenters. The number of aliphatic hydroxyl groups is 1. The summed E-state index contributed by atoms with van der Waals surface area (Å²) in [4.78, 5) is 2.47. The van der Waals surface area contributed by atoms with Crippen LogP contribution in [0.2, 0.25) is 0 Å². The predicted octanol–water partition coefficient (Wildman–Crippen LogP) is 1.39. The van der Waals surface area contributed by atoms with Gasteiger partial charge < -0.3 is 10.8 Å². The van der Waals surface area contributed by atoms with Gasteiger partial charge >= 0.3 is 0 Å². The lowest BCUT2D eigenvalue weighted by molar-refractivity contribution is 0.118. The molecule has 0 aromatic heterocycles. The summed E-state index contributed by atoms with van der Waals surface area (Å²) in [5.74, 6) is 1.15. The van der Waals surface area contributed by atoms with Crippen LogP contribution in [-0.4, -0.2) is 35.7 Å². The zero-order valence-corrected chi connectivity index (χ0v) is 10.7. The summed E-state index contributed by atoms with van der Waals surface area (Å²) in [6, 6.07) is 10.8. The van der Waals surface area contributed by atoms with Crippen molar-refractivity contribution in [2.45, 2.75) is 25.0 Å². The lowest BCUT2D eigenvalue weighted by Gasteiger charge is -2.28. The average molecular weight is 246 g/mol. The van der Waals surface area contributed by atoms with Gasteiger partial charge in [-0.25, -0.2) is 0 Å². The molecular weight excluding hydrogens is 224 g/mol. The molecule has 4 atom stereocenters. The zero-order valence-electron chi connectivity index (χ0n) is 10.7. The van der Waals surface area contributed by atoms with Gasteiger partial charge in [0.05, 0.1) is 6.10 Å². The molecular formula is C15H22N2O. The third-order valence-electron chi connectivity index (χ3n) is 4.70. The van der Waals surface area contributed by atoms with Crippen LogP contribution in [0.4, 0.5) is 0 Å². The number of aliphatic hydroxyl groups excluding tert-OH is 1. The number of rotatable bonds is 3. The van der Waals surface area contributed by atoms with Gasteiger partial charge in [0.25, 0.3) is 0 Å². The van der Waals surface area contributed by atoms with E-state index < -0.39 is 0 Å². The Kier molecular flexibility index (Phi) is 3.37. The second-order valence-corrected chi connectivity index (χ2v) is 5.68. The number of benzene rings is 1. The molecule has 2 fully saturated rings. The highest BCUT2D eigenvalue weighted by atomic mass is 16.3. The fraction of sp³-hybridized carbons (Fsp3) is 0.600. The Hall–Kier alpha value is -0.900. The smallest absolute Gasteiger partial charge is 0.0583 e. The molecule has 18 heavy (non-hydrogen) atoms. The van der Waals surface area contributed by atoms with Crippen molar-refractivity contribution in [3.8, 4) is 0 Å². The number of hydrogen-bond acceptors (Lipinski definition) is 3. The lowest BCUT2D eigenvalue weighted by atomic mass is 10.00. The molecule has 1 aliphatic heterocycles. The van der Waals surface area contributed by atoms with Crippen molar-refractivity contribution in [1.29, 1.82) is 0 Å². The first-order valence-corrected chi connectivity index (χ1v) is 6.96. The molecule has 1 saturated carbocycles. The molecule has 0 radical (unpaired) electrons. The van der Waals surface area contributed by atoms with Crippen LogP contribution in [0.5, 0.6) is 0 Å². The van der Waals surface area contributed by atoms with E-state index in [4.69, 9.17) is 5.73 Å². The molecule has 0 spiro atoms. The van der Waals surface area contributed by atoms with Crippen LogP contribution >= 0.6 is 0 Å². The summed E-state index contributed by atoms with van der Waals surface area (Å²) in [6.45, 7) is 2.75. The quantitative estimate of drug-likeness (QED) is 0.847. The van der Waals surface area contributed by atoms with Crippen molar-refractivity contribution < 1.29 is 5.11 Å². The zero-order chi connectivity index (χ0) is 12.5. The number of likely N-dealkylation sites (tertiary alicyclic amines) is 1. The Balaban J connectivity index is 1.75. The lowest BCUT2D eigenvalue weighted by Crippen LogP contribution is -2.33. The largest absolute Gasteiger partial charge is 0.393 e. The monoisotopic (exact) mass is 246 g/mol. The van der Waals surface area contributed by atoms with Gasteiger partial charge in [-0.1, -0.05) is 30.3 Å². The highest BCUT2D eigenvalue weighted by Crippen LogP contribution is 2.40. The first-order valence-electron chi connectivity index (χ1n) is 6.96. The predicted molar refractivity (Wildman–Crippen MR) is 72.0 cm³/mol. The molecule has 1 heterocycles. The summed E-state index contributed by atoms with van der Waals surface area (Å²) < 4.78 is 0. The molecule has 1 aliphatic carbocycles. The van der Waals surface area contributed by atoms with Crippen molar-refractivity contribution in [3.05, 3.63) is 35.9 Å². The van der Waals surface area contributed by atoms with Crippen LogP contribution in [0, 0.1) is 11.8 Å². The van der Waals surface area contributed by atoms with Gasteiger partial charge in [0.1, 0.15) is 0 Å². The maximum atomic E-state index is 9.98. The highest BCUT2D eigenvalue weighted by molar-refractivity contribution is 5.20. The SMILES string of the molecule is NCC(c1ccccc1)N1CC2CCC(O)C2C1. The maximum Gasteiger partial charge on any atom is 0.0583 e. The van der Waals surface area contributed by atoms with E-state index in [-0.39, 0.29) is 6.10 Å². The standard InChI is InChI=1S/C15H22N2O/c16-8-14(11-4-2-1-3-5-11)17-9-12-6-7-15(18)13(12)10-17/h1-5,12-15,18H,6-10,16H2. The van der Waals surface area contributed by atoms with Gasteiger partial charge in [-0.15, -0.1) is 0 Å². The summed E-state index contributed by atoms with van der Waals surface area (Å²) >= 11 is 0. The third-order valence-corrected chi connectivity index (χ3v) is 4.70. The van der Waals surface area contributed by atoms with Crippen molar-refractivity contribution in [3.63, 3.8) is 0 Å². The minimum Gasteiger partial charge on any atom is -0.393 e. The van der Waals surface area contributed by atoms with Crippen LogP contribution in [0.1, 0.15) is 24.4 Å². The minimum absolute atomic E-state index is 0.0887. The van der Waals surface area contributed by atoms with Gasteiger partial charge in [0.2, 0.25) is 0 Å². The minimum atomic E-state index is -0.0887. The van der Waals surface area contributed by atoms with Crippen LogP contribution in [-0.2, 0) is 0 Å². The van der Waals surface area contributed by atoms with E-state index in [2.05, 4.69) is 29.2 Å². The van der Waals surface area contributed by atoms with Crippen molar-refractivity contribution >= 4 is 0 Å². The molecule has 0 bridgehead atoms. The van der Waals surface area contributed by atoms with E-state index >= 15 is 0 Å². The number of hydrogen-bond donors (Lipinski definition) is 2. The van der Waals surface area contributed by atoms with Gasteiger partial charge in [-0.2, -0.15) is 0 Å². The van der Waals surface area contributed by atoms with E-state index in [1.165, 1.54) is 12.0 Å². The Morgan fingerprint density at radius 3 is 2.67 bits per heavy atom. The Morgan fingerprint density at radius 1 is 1.22 bits per heavy atom. The molecule has 3 rings (SSSR count). The third kappa shape index (κ3) is 2.07. The Labute approximate surface area is 109 Å². The molecule has 1 aromatic rings. The number of nitrogens with zero attached hydrogens (tertiary/aromatic N) is 1. The first kappa shape index (κ1) is 12.2. The van der Waals surface area contributed by atoms with Crippen LogP contribution in [0.25, 0.3) is 0 Å². The first-order chi connectivity index (χ1) is 8.79. The van der Waals surface area contributed by atoms with Crippen LogP contribution in [0.15, 0.2) is 30.3 Å². The van der Waals surface area contributed by atoms with Crippen LogP contribution in [0.3, 0.4) is 0 Å². The Bertz CT molecular complexity index is 395. The molecule has 3 nitrogen and oxygen atoms in total. The number of fused-ring (bicyclic) bond motifs is 1. The highest BCUT2D eigenvalue weighted by Gasteiger charge is 2.43. The second kappa shape index (κ2) is 5.00. The van der Waals surface area contributed by atoms with Crippen LogP contribution < -0.4 is 5.73 Å². The summed E-state index contributed by atoms with van der Waals surface area (Å²) in [7, 11) is 0. The van der Waals surface area contributed by atoms with E-state index in [1.54, 1.807) is 0 Å². The van der Waals surface area contributed by atoms with Gasteiger partial charge in [-0.3, -0.25) is 4.90 Å². The molecule has 3 heteroatoms. The topological polar surface area (TPSA) is 49.5 Å². The van der Waals surface area contributed by atoms with Crippen molar-refractivity contribution in [2.75, 3.05) is 19.6 Å². The maximum absolute atomic E-state index is 9.98. The molecule has 2 aliphatic rings. The summed E-state index contributed by atoms with van der Waals surface area (Å²) in [5, 5.41) is 9.98. The van der Waals surface area contributed by atoms with Crippen molar-refractivity contribution in [1.82, 2.24) is 4.90 Å². The van der Waals surface area contributed by atoms with E-state index in [0.29, 0.717) is 24.4 Å². The molecule has 3 N–H and O–H groups in total. The van der Waals surface area contributed by atoms with E-state index in [0.717, 1.165) is 19.5 Å². The summed E-state index contributed by atoms with van der Waals surface area (Å²) in [6.07, 6.45) is 2.07. The Morgan fingerprint density at radius 2 is 2.00 bits per heavy atom. The normalized spacial score (nSPS) is 33.6. The van der Waals surface area contributed by atoms with E-state index in [9.17, 15) is 5.11 Å². The second-order valence-electron chi connectivity index (χ2n) is 5.68. The molecule has 0 amide bonds. The number of nitrogens with two attached hydrogens (primary N) is 1. The molecule has 1 saturated heterocycles. The van der Waals surface area contributed by atoms with Gasteiger partial charge in [0, 0.05) is 31.6 Å². The van der Waals surface area contributed by atoms with Gasteiger partial charge in [0.15, 0.2) is 0 Å². The molecule has 98 valence electrons. The average Bonchev–Trinajstić information content (AvgIpc) is 2.95.